The van der Waals surface area contributed by atoms with Crippen molar-refractivity contribution in [1.82, 2.24) is 4.98 Å². The highest BCUT2D eigenvalue weighted by atomic mass is 16.5. The number of aliphatic hydroxyl groups is 1. The first-order valence-electron chi connectivity index (χ1n) is 4.44. The summed E-state index contributed by atoms with van der Waals surface area (Å²) in [7, 11) is 0. The van der Waals surface area contributed by atoms with Gasteiger partial charge in [-0.1, -0.05) is 6.07 Å². The zero-order chi connectivity index (χ0) is 9.68. The lowest BCUT2D eigenvalue weighted by atomic mass is 10.2. The Morgan fingerprint density at radius 1 is 1.54 bits per heavy atom. The molecule has 0 spiro atoms. The van der Waals surface area contributed by atoms with Crippen molar-refractivity contribution in [2.75, 3.05) is 6.61 Å². The van der Waals surface area contributed by atoms with Gasteiger partial charge in [0.15, 0.2) is 0 Å². The van der Waals surface area contributed by atoms with Crippen molar-refractivity contribution < 1.29 is 9.84 Å². The van der Waals surface area contributed by atoms with Crippen molar-refractivity contribution in [2.45, 2.75) is 26.6 Å². The molecule has 0 aliphatic carbocycles. The van der Waals surface area contributed by atoms with Gasteiger partial charge in [0.2, 0.25) is 0 Å². The van der Waals surface area contributed by atoms with Gasteiger partial charge in [-0.3, -0.25) is 4.98 Å². The monoisotopic (exact) mass is 181 g/mol. The first-order chi connectivity index (χ1) is 6.24. The van der Waals surface area contributed by atoms with E-state index in [1.165, 1.54) is 0 Å². The molecule has 1 N–H and O–H groups in total. The predicted octanol–water partition coefficient (Wildman–Crippen LogP) is 1.67. The second-order valence-corrected chi connectivity index (χ2v) is 2.90. The number of nitrogens with zero attached hydrogens (tertiary/aromatic N) is 1. The molecule has 1 atom stereocenters. The Hall–Kier alpha value is -0.930. The van der Waals surface area contributed by atoms with E-state index in [1.807, 2.05) is 19.1 Å². The molecule has 0 aliphatic heterocycles. The molecule has 1 aromatic heterocycles. The van der Waals surface area contributed by atoms with E-state index in [2.05, 4.69) is 4.98 Å². The minimum absolute atomic E-state index is 0.499. The molecule has 0 fully saturated rings. The molecule has 1 unspecified atom stereocenters. The van der Waals surface area contributed by atoms with Gasteiger partial charge in [-0.25, -0.2) is 0 Å². The lowest BCUT2D eigenvalue weighted by Crippen LogP contribution is -1.97. The molecular formula is C10H15NO2. The first-order valence-corrected chi connectivity index (χ1v) is 4.44. The van der Waals surface area contributed by atoms with Gasteiger partial charge < -0.3 is 9.84 Å². The average Bonchev–Trinajstić information content (AvgIpc) is 2.15. The summed E-state index contributed by atoms with van der Waals surface area (Å²) in [6.07, 6.45) is 1.23. The number of aliphatic hydroxyl groups excluding tert-OH is 1. The fraction of sp³-hybridized carbons (Fsp3) is 0.500. The summed E-state index contributed by atoms with van der Waals surface area (Å²) in [5, 5.41) is 9.20. The van der Waals surface area contributed by atoms with Crippen molar-refractivity contribution in [2.24, 2.45) is 0 Å². The maximum Gasteiger partial charge on any atom is 0.0931 e. The van der Waals surface area contributed by atoms with Gasteiger partial charge in [-0.05, 0) is 25.5 Å². The maximum absolute atomic E-state index is 9.20. The van der Waals surface area contributed by atoms with Crippen molar-refractivity contribution >= 4 is 0 Å². The highest BCUT2D eigenvalue weighted by molar-refractivity contribution is 5.14. The fourth-order valence-corrected chi connectivity index (χ4v) is 0.988. The van der Waals surface area contributed by atoms with Gasteiger partial charge >= 0.3 is 0 Å². The topological polar surface area (TPSA) is 42.4 Å². The van der Waals surface area contributed by atoms with E-state index >= 15 is 0 Å². The Morgan fingerprint density at radius 2 is 2.31 bits per heavy atom. The molecule has 0 radical (unpaired) electrons. The van der Waals surface area contributed by atoms with Crippen LogP contribution in [0.15, 0.2) is 18.3 Å². The first kappa shape index (κ1) is 10.2. The molecule has 0 aromatic carbocycles. The SMILES string of the molecule is CCOCc1ccc(C(C)O)nc1. The third kappa shape index (κ3) is 3.13. The summed E-state index contributed by atoms with van der Waals surface area (Å²) in [4.78, 5) is 4.10. The molecule has 1 heterocycles. The number of ether oxygens (including phenoxy) is 1. The molecule has 1 rings (SSSR count). The predicted molar refractivity (Wildman–Crippen MR) is 50.2 cm³/mol. The summed E-state index contributed by atoms with van der Waals surface area (Å²) in [6, 6.07) is 3.74. The highest BCUT2D eigenvalue weighted by Crippen LogP contribution is 2.09. The minimum Gasteiger partial charge on any atom is -0.387 e. The minimum atomic E-state index is -0.499. The third-order valence-corrected chi connectivity index (χ3v) is 1.75. The number of hydrogen-bond acceptors (Lipinski definition) is 3. The van der Waals surface area contributed by atoms with Gasteiger partial charge in [0.1, 0.15) is 0 Å². The molecular weight excluding hydrogens is 166 g/mol. The Morgan fingerprint density at radius 3 is 2.77 bits per heavy atom. The van der Waals surface area contributed by atoms with E-state index < -0.39 is 6.10 Å². The fourth-order valence-electron chi connectivity index (χ4n) is 0.988. The van der Waals surface area contributed by atoms with Crippen LogP contribution >= 0.6 is 0 Å². The quantitative estimate of drug-likeness (QED) is 0.768. The van der Waals surface area contributed by atoms with Crippen LogP contribution in [0, 0.1) is 0 Å². The molecule has 1 aromatic rings. The molecule has 3 heteroatoms. The normalized spacial score (nSPS) is 12.8. The number of hydrogen-bond donors (Lipinski definition) is 1. The van der Waals surface area contributed by atoms with Crippen LogP contribution < -0.4 is 0 Å². The summed E-state index contributed by atoms with van der Waals surface area (Å²) in [5.74, 6) is 0. The van der Waals surface area contributed by atoms with E-state index in [4.69, 9.17) is 4.74 Å². The van der Waals surface area contributed by atoms with E-state index in [-0.39, 0.29) is 0 Å². The number of rotatable bonds is 4. The average molecular weight is 181 g/mol. The van der Waals surface area contributed by atoms with Crippen molar-refractivity contribution in [3.63, 3.8) is 0 Å². The number of pyridine rings is 1. The van der Waals surface area contributed by atoms with E-state index in [0.29, 0.717) is 18.9 Å². The molecule has 0 bridgehead atoms. The Balaban J connectivity index is 2.59. The molecule has 72 valence electrons. The summed E-state index contributed by atoms with van der Waals surface area (Å²) < 4.78 is 5.22. The maximum atomic E-state index is 9.20. The second-order valence-electron chi connectivity index (χ2n) is 2.90. The van der Waals surface area contributed by atoms with Crippen LogP contribution in [-0.2, 0) is 11.3 Å². The van der Waals surface area contributed by atoms with Crippen LogP contribution in [0.25, 0.3) is 0 Å². The van der Waals surface area contributed by atoms with Crippen LogP contribution in [0.3, 0.4) is 0 Å². The van der Waals surface area contributed by atoms with Crippen LogP contribution in [0.5, 0.6) is 0 Å². The van der Waals surface area contributed by atoms with Gasteiger partial charge in [-0.2, -0.15) is 0 Å². The van der Waals surface area contributed by atoms with Crippen molar-refractivity contribution in [1.29, 1.82) is 0 Å². The molecule has 3 nitrogen and oxygen atoms in total. The highest BCUT2D eigenvalue weighted by Gasteiger charge is 2.01. The molecule has 13 heavy (non-hydrogen) atoms. The Labute approximate surface area is 78.4 Å². The summed E-state index contributed by atoms with van der Waals surface area (Å²) in [6.45, 7) is 4.95. The standard InChI is InChI=1S/C10H15NO2/c1-3-13-7-9-4-5-10(8(2)12)11-6-9/h4-6,8,12H,3,7H2,1-2H3. The van der Waals surface area contributed by atoms with E-state index in [0.717, 1.165) is 5.56 Å². The van der Waals surface area contributed by atoms with Crippen LogP contribution in [0.1, 0.15) is 31.2 Å². The molecule has 0 aliphatic rings. The molecule has 0 saturated carbocycles. The van der Waals surface area contributed by atoms with Gasteiger partial charge in [0.05, 0.1) is 18.4 Å². The smallest absolute Gasteiger partial charge is 0.0931 e. The molecule has 0 amide bonds. The summed E-state index contributed by atoms with van der Waals surface area (Å²) in [5.41, 5.74) is 1.73. The van der Waals surface area contributed by atoms with Crippen LogP contribution in [0.4, 0.5) is 0 Å². The second kappa shape index (κ2) is 4.94. The lowest BCUT2D eigenvalue weighted by Gasteiger charge is -2.05. The molecule has 0 saturated heterocycles. The van der Waals surface area contributed by atoms with Gasteiger partial charge in [0, 0.05) is 12.8 Å². The van der Waals surface area contributed by atoms with Gasteiger partial charge in [0.25, 0.3) is 0 Å². The Bertz CT molecular complexity index is 244. The van der Waals surface area contributed by atoms with Gasteiger partial charge in [-0.15, -0.1) is 0 Å². The zero-order valence-corrected chi connectivity index (χ0v) is 8.03. The van der Waals surface area contributed by atoms with E-state index in [9.17, 15) is 5.11 Å². The zero-order valence-electron chi connectivity index (χ0n) is 8.03. The van der Waals surface area contributed by atoms with Crippen LogP contribution in [-0.4, -0.2) is 16.7 Å². The largest absolute Gasteiger partial charge is 0.387 e. The lowest BCUT2D eigenvalue weighted by molar-refractivity contribution is 0.133. The number of aromatic nitrogens is 1. The third-order valence-electron chi connectivity index (χ3n) is 1.75. The van der Waals surface area contributed by atoms with Crippen molar-refractivity contribution in [3.8, 4) is 0 Å². The van der Waals surface area contributed by atoms with Crippen molar-refractivity contribution in [3.05, 3.63) is 29.6 Å². The van der Waals surface area contributed by atoms with Crippen LogP contribution in [0.2, 0.25) is 0 Å². The summed E-state index contributed by atoms with van der Waals surface area (Å²) >= 11 is 0. The van der Waals surface area contributed by atoms with E-state index in [1.54, 1.807) is 13.1 Å². The Kier molecular flexibility index (Phi) is 3.86.